The zero-order valence-corrected chi connectivity index (χ0v) is 16.8. The molecule has 0 radical (unpaired) electrons. The molecule has 0 spiro atoms. The van der Waals surface area contributed by atoms with Crippen LogP contribution >= 0.6 is 23.5 Å². The summed E-state index contributed by atoms with van der Waals surface area (Å²) in [7, 11) is 0. The van der Waals surface area contributed by atoms with Crippen molar-refractivity contribution in [3.05, 3.63) is 46.8 Å². The van der Waals surface area contributed by atoms with E-state index >= 15 is 0 Å². The van der Waals surface area contributed by atoms with E-state index in [2.05, 4.69) is 71.8 Å². The van der Waals surface area contributed by atoms with Crippen LogP contribution < -0.4 is 5.32 Å². The van der Waals surface area contributed by atoms with Gasteiger partial charge in [-0.25, -0.2) is 4.68 Å². The van der Waals surface area contributed by atoms with Crippen molar-refractivity contribution in [2.24, 2.45) is 0 Å². The smallest absolute Gasteiger partial charge is 0.0651 e. The van der Waals surface area contributed by atoms with Crippen LogP contribution in [0.4, 0.5) is 0 Å². The molecule has 1 unspecified atom stereocenters. The highest BCUT2D eigenvalue weighted by Gasteiger charge is 2.27. The highest BCUT2D eigenvalue weighted by atomic mass is 32.2. The Bertz CT molecular complexity index is 733. The van der Waals surface area contributed by atoms with Gasteiger partial charge in [0.1, 0.15) is 0 Å². The van der Waals surface area contributed by atoms with Crippen LogP contribution in [0.1, 0.15) is 41.3 Å². The van der Waals surface area contributed by atoms with Crippen LogP contribution in [0.5, 0.6) is 0 Å². The van der Waals surface area contributed by atoms with Gasteiger partial charge in [-0.15, -0.1) is 0 Å². The van der Waals surface area contributed by atoms with E-state index in [9.17, 15) is 0 Å². The van der Waals surface area contributed by atoms with Gasteiger partial charge in [0.2, 0.25) is 0 Å². The van der Waals surface area contributed by atoms with Crippen molar-refractivity contribution in [1.82, 2.24) is 15.1 Å². The van der Waals surface area contributed by atoms with Gasteiger partial charge in [-0.3, -0.25) is 0 Å². The maximum absolute atomic E-state index is 4.77. The summed E-state index contributed by atoms with van der Waals surface area (Å²) < 4.78 is 2.17. The van der Waals surface area contributed by atoms with E-state index in [0.717, 1.165) is 6.42 Å². The van der Waals surface area contributed by atoms with Gasteiger partial charge in [-0.2, -0.15) is 28.6 Å². The Morgan fingerprint density at radius 2 is 1.92 bits per heavy atom. The number of hydrogen-bond acceptors (Lipinski definition) is 4. The molecule has 5 heteroatoms. The molecular weight excluding hydrogens is 346 g/mol. The van der Waals surface area contributed by atoms with E-state index < -0.39 is 0 Å². The number of fused-ring (bicyclic) bond motifs is 1. The minimum Gasteiger partial charge on any atom is -0.305 e. The molecule has 1 saturated heterocycles. The van der Waals surface area contributed by atoms with Gasteiger partial charge in [0, 0.05) is 46.4 Å². The number of nitrogens with one attached hydrogen (secondary N) is 1. The van der Waals surface area contributed by atoms with E-state index in [1.54, 1.807) is 0 Å². The Kier molecular flexibility index (Phi) is 5.44. The van der Waals surface area contributed by atoms with Crippen molar-refractivity contribution >= 4 is 23.5 Å². The Hall–Kier alpha value is -0.910. The molecule has 1 aromatic carbocycles. The normalized spacial score (nSPS) is 21.8. The first-order valence-corrected chi connectivity index (χ1v) is 11.6. The Balaban J connectivity index is 1.58. The minimum atomic E-state index is 0.466. The number of aryl methyl sites for hydroxylation is 2. The van der Waals surface area contributed by atoms with E-state index in [4.69, 9.17) is 5.10 Å². The first kappa shape index (κ1) is 17.5. The van der Waals surface area contributed by atoms with Gasteiger partial charge < -0.3 is 5.32 Å². The molecule has 134 valence electrons. The predicted molar refractivity (Wildman–Crippen MR) is 110 cm³/mol. The van der Waals surface area contributed by atoms with Gasteiger partial charge in [-0.1, -0.05) is 6.07 Å². The monoisotopic (exact) mass is 373 g/mol. The molecule has 1 aliphatic carbocycles. The second-order valence-electron chi connectivity index (χ2n) is 7.19. The lowest BCUT2D eigenvalue weighted by molar-refractivity contribution is 0.426. The first-order chi connectivity index (χ1) is 12.2. The molecule has 2 aromatic rings. The van der Waals surface area contributed by atoms with Crippen molar-refractivity contribution in [3.8, 4) is 5.69 Å². The highest BCUT2D eigenvalue weighted by Crippen LogP contribution is 2.32. The molecule has 1 N–H and O–H groups in total. The molecule has 1 aromatic heterocycles. The number of aromatic nitrogens is 2. The summed E-state index contributed by atoms with van der Waals surface area (Å²) in [6.45, 7) is 4.35. The maximum Gasteiger partial charge on any atom is 0.0651 e. The molecule has 4 rings (SSSR count). The number of hydrogen-bond donors (Lipinski definition) is 1. The van der Waals surface area contributed by atoms with Crippen molar-refractivity contribution in [2.75, 3.05) is 23.0 Å². The predicted octanol–water partition coefficient (Wildman–Crippen LogP) is 4.30. The van der Waals surface area contributed by atoms with E-state index in [1.807, 2.05) is 0 Å². The Morgan fingerprint density at radius 3 is 2.68 bits per heavy atom. The molecule has 1 aliphatic heterocycles. The second-order valence-corrected chi connectivity index (χ2v) is 9.48. The minimum absolute atomic E-state index is 0.466. The lowest BCUT2D eigenvalue weighted by atomic mass is 9.92. The van der Waals surface area contributed by atoms with E-state index in [1.165, 1.54) is 63.9 Å². The number of rotatable bonds is 3. The van der Waals surface area contributed by atoms with Crippen molar-refractivity contribution in [3.63, 3.8) is 0 Å². The fraction of sp³-hybridized carbons (Fsp3) is 0.550. The number of nitrogens with zero attached hydrogens (tertiary/aromatic N) is 2. The molecule has 0 saturated carbocycles. The topological polar surface area (TPSA) is 29.9 Å². The molecule has 0 bridgehead atoms. The van der Waals surface area contributed by atoms with E-state index in [0.29, 0.717) is 12.1 Å². The van der Waals surface area contributed by atoms with Crippen LogP contribution in [-0.2, 0) is 6.42 Å². The molecule has 1 atom stereocenters. The molecule has 3 nitrogen and oxygen atoms in total. The average molecular weight is 374 g/mol. The van der Waals surface area contributed by atoms with Gasteiger partial charge in [0.15, 0.2) is 0 Å². The third kappa shape index (κ3) is 3.79. The maximum atomic E-state index is 4.77. The highest BCUT2D eigenvalue weighted by molar-refractivity contribution is 8.03. The quantitative estimate of drug-likeness (QED) is 0.868. The van der Waals surface area contributed by atoms with Crippen molar-refractivity contribution in [1.29, 1.82) is 0 Å². The van der Waals surface area contributed by atoms with Crippen LogP contribution in [-0.4, -0.2) is 38.8 Å². The zero-order chi connectivity index (χ0) is 17.2. The summed E-state index contributed by atoms with van der Waals surface area (Å²) >= 11 is 4.19. The molecule has 0 amide bonds. The van der Waals surface area contributed by atoms with Crippen LogP contribution in [0.15, 0.2) is 24.4 Å². The lowest BCUT2D eigenvalue weighted by Crippen LogP contribution is -2.37. The SMILES string of the molecule is Cc1ccc(-n2ncc3c2CCCC3NC2CSCCSC2)cc1C. The van der Waals surface area contributed by atoms with Crippen molar-refractivity contribution < 1.29 is 0 Å². The fourth-order valence-corrected chi connectivity index (χ4v) is 6.23. The average Bonchev–Trinajstić information content (AvgIpc) is 2.88. The summed E-state index contributed by atoms with van der Waals surface area (Å²) in [4.78, 5) is 0. The summed E-state index contributed by atoms with van der Waals surface area (Å²) in [6.07, 6.45) is 5.72. The van der Waals surface area contributed by atoms with Gasteiger partial charge >= 0.3 is 0 Å². The number of benzene rings is 1. The fourth-order valence-electron chi connectivity index (χ4n) is 3.81. The molecule has 2 aliphatic rings. The second kappa shape index (κ2) is 7.77. The molecule has 2 heterocycles. The molecule has 25 heavy (non-hydrogen) atoms. The number of thioether (sulfide) groups is 2. The summed E-state index contributed by atoms with van der Waals surface area (Å²) in [5.41, 5.74) is 6.70. The van der Waals surface area contributed by atoms with Gasteiger partial charge in [0.05, 0.1) is 11.9 Å². The van der Waals surface area contributed by atoms with Crippen LogP contribution in [0.3, 0.4) is 0 Å². The van der Waals surface area contributed by atoms with Crippen LogP contribution in [0.25, 0.3) is 5.69 Å². The summed E-state index contributed by atoms with van der Waals surface area (Å²) in [5, 5.41) is 8.71. The Labute approximate surface area is 159 Å². The molecular formula is C20H27N3S2. The largest absolute Gasteiger partial charge is 0.305 e. The Morgan fingerprint density at radius 1 is 1.12 bits per heavy atom. The van der Waals surface area contributed by atoms with Gasteiger partial charge in [-0.05, 0) is 56.4 Å². The standard InChI is InChI=1S/C20H27N3S2/c1-14-6-7-17(10-15(14)2)23-20-5-3-4-19(18(20)11-21-23)22-16-12-24-8-9-25-13-16/h6-7,10-11,16,19,22H,3-5,8-9,12-13H2,1-2H3. The van der Waals surface area contributed by atoms with Gasteiger partial charge in [0.25, 0.3) is 0 Å². The molecule has 1 fully saturated rings. The van der Waals surface area contributed by atoms with Crippen LogP contribution in [0, 0.1) is 13.8 Å². The summed E-state index contributed by atoms with van der Waals surface area (Å²) in [6, 6.07) is 7.76. The third-order valence-corrected chi connectivity index (χ3v) is 7.89. The van der Waals surface area contributed by atoms with Crippen LogP contribution in [0.2, 0.25) is 0 Å². The van der Waals surface area contributed by atoms with Crippen molar-refractivity contribution in [2.45, 2.75) is 45.2 Å². The van der Waals surface area contributed by atoms with E-state index in [-0.39, 0.29) is 0 Å². The lowest BCUT2D eigenvalue weighted by Gasteiger charge is -2.28. The zero-order valence-electron chi connectivity index (χ0n) is 15.1. The first-order valence-electron chi connectivity index (χ1n) is 9.28. The summed E-state index contributed by atoms with van der Waals surface area (Å²) in [5.74, 6) is 5.07. The third-order valence-electron chi connectivity index (χ3n) is 5.37.